The molecule has 0 aliphatic carbocycles. The van der Waals surface area contributed by atoms with Gasteiger partial charge in [-0.2, -0.15) is 9.78 Å². The summed E-state index contributed by atoms with van der Waals surface area (Å²) in [6.45, 7) is 1.79. The van der Waals surface area contributed by atoms with Crippen LogP contribution < -0.4 is 16.0 Å². The Hall–Kier alpha value is -2.87. The number of anilines is 1. The molecule has 8 heteroatoms. The Morgan fingerprint density at radius 3 is 2.46 bits per heavy atom. The number of thiophene rings is 1. The Bertz CT molecular complexity index is 989. The molecule has 0 saturated heterocycles. The first-order valence-corrected chi connectivity index (χ1v) is 7.84. The molecule has 0 aliphatic heterocycles. The number of nitrogen functional groups attached to an aromatic ring is 1. The van der Waals surface area contributed by atoms with Gasteiger partial charge in [0.05, 0.1) is 30.3 Å². The third kappa shape index (κ3) is 2.41. The molecule has 2 heterocycles. The van der Waals surface area contributed by atoms with Gasteiger partial charge in [-0.1, -0.05) is 0 Å². The van der Waals surface area contributed by atoms with E-state index in [2.05, 4.69) is 5.10 Å². The molecule has 2 aromatic heterocycles. The lowest BCUT2D eigenvalue weighted by atomic mass is 10.2. The second-order valence-electron chi connectivity index (χ2n) is 5.03. The number of nitrogens with zero attached hydrogens (tertiary/aromatic N) is 2. The van der Waals surface area contributed by atoms with E-state index in [1.807, 2.05) is 0 Å². The molecule has 0 radical (unpaired) electrons. The zero-order valence-corrected chi connectivity index (χ0v) is 14.1. The van der Waals surface area contributed by atoms with Gasteiger partial charge in [0, 0.05) is 10.3 Å². The minimum Gasteiger partial charge on any atom is -0.497 e. The van der Waals surface area contributed by atoms with E-state index >= 15 is 0 Å². The van der Waals surface area contributed by atoms with Crippen LogP contribution in [-0.2, 0) is 4.74 Å². The van der Waals surface area contributed by atoms with Crippen LogP contribution in [0.15, 0.2) is 29.1 Å². The summed E-state index contributed by atoms with van der Waals surface area (Å²) in [5.74, 6) is 0.0233. The van der Waals surface area contributed by atoms with Crippen molar-refractivity contribution in [3.63, 3.8) is 0 Å². The summed E-state index contributed by atoms with van der Waals surface area (Å²) in [5, 5.41) is 5.29. The molecule has 1 aromatic carbocycles. The number of carbonyl (C=O) groups is 1. The van der Waals surface area contributed by atoms with Crippen LogP contribution in [0.5, 0.6) is 5.75 Å². The molecule has 2 N–H and O–H groups in total. The van der Waals surface area contributed by atoms with Gasteiger partial charge in [-0.3, -0.25) is 4.79 Å². The highest BCUT2D eigenvalue weighted by atomic mass is 32.1. The number of esters is 1. The minimum absolute atomic E-state index is 0.0633. The fourth-order valence-corrected chi connectivity index (χ4v) is 3.43. The predicted octanol–water partition coefficient (Wildman–Crippen LogP) is 2.13. The average Bonchev–Trinajstić information content (AvgIpc) is 2.90. The lowest BCUT2D eigenvalue weighted by molar-refractivity contribution is 0.0594. The number of carbonyl (C=O) groups excluding carboxylic acids is 1. The van der Waals surface area contributed by atoms with Gasteiger partial charge >= 0.3 is 5.97 Å². The van der Waals surface area contributed by atoms with Gasteiger partial charge in [0.25, 0.3) is 5.56 Å². The summed E-state index contributed by atoms with van der Waals surface area (Å²) >= 11 is 1.25. The minimum atomic E-state index is -0.622. The van der Waals surface area contributed by atoms with Crippen LogP contribution >= 0.6 is 11.3 Å². The second kappa shape index (κ2) is 5.97. The molecule has 0 amide bonds. The van der Waals surface area contributed by atoms with E-state index < -0.39 is 5.97 Å². The van der Waals surface area contributed by atoms with Crippen LogP contribution in [0.1, 0.15) is 15.4 Å². The molecule has 0 spiro atoms. The van der Waals surface area contributed by atoms with E-state index in [0.29, 0.717) is 21.8 Å². The van der Waals surface area contributed by atoms with E-state index in [1.165, 1.54) is 18.4 Å². The molecule has 3 aromatic rings. The summed E-state index contributed by atoms with van der Waals surface area (Å²) in [7, 11) is 2.82. The zero-order valence-electron chi connectivity index (χ0n) is 13.3. The van der Waals surface area contributed by atoms with E-state index in [4.69, 9.17) is 15.2 Å². The van der Waals surface area contributed by atoms with Crippen molar-refractivity contribution in [3.05, 3.63) is 45.2 Å². The van der Waals surface area contributed by atoms with Crippen LogP contribution in [0.3, 0.4) is 0 Å². The fraction of sp³-hybridized carbons (Fsp3) is 0.188. The highest BCUT2D eigenvalue weighted by Crippen LogP contribution is 2.32. The van der Waals surface area contributed by atoms with E-state index in [-0.39, 0.29) is 16.6 Å². The summed E-state index contributed by atoms with van der Waals surface area (Å²) in [6, 6.07) is 6.76. The maximum absolute atomic E-state index is 12.8. The van der Waals surface area contributed by atoms with Crippen molar-refractivity contribution in [3.8, 4) is 11.4 Å². The molecule has 0 unspecified atom stereocenters. The summed E-state index contributed by atoms with van der Waals surface area (Å²) in [6.07, 6.45) is 0. The van der Waals surface area contributed by atoms with Crippen LogP contribution in [0, 0.1) is 6.92 Å². The second-order valence-corrected chi connectivity index (χ2v) is 6.28. The summed E-state index contributed by atoms with van der Waals surface area (Å²) < 4.78 is 11.1. The summed E-state index contributed by atoms with van der Waals surface area (Å²) in [4.78, 5) is 25.7. The van der Waals surface area contributed by atoms with Gasteiger partial charge in [0.2, 0.25) is 0 Å². The molecule has 3 rings (SSSR count). The lowest BCUT2D eigenvalue weighted by Gasteiger charge is -2.09. The number of fused-ring (bicyclic) bond motifs is 1. The number of methoxy groups -OCH3 is 2. The monoisotopic (exact) mass is 345 g/mol. The van der Waals surface area contributed by atoms with Gasteiger partial charge in [-0.15, -0.1) is 11.3 Å². The molecule has 0 bridgehead atoms. The van der Waals surface area contributed by atoms with E-state index in [1.54, 1.807) is 38.3 Å². The van der Waals surface area contributed by atoms with Gasteiger partial charge in [-0.05, 0) is 31.2 Å². The molecule has 0 fully saturated rings. The van der Waals surface area contributed by atoms with Crippen LogP contribution in [-0.4, -0.2) is 30.0 Å². The Balaban J connectivity index is 2.36. The molecular formula is C16H15N3O4S. The first-order chi connectivity index (χ1) is 11.5. The largest absolute Gasteiger partial charge is 0.497 e. The Kier molecular flexibility index (Phi) is 3.98. The van der Waals surface area contributed by atoms with Crippen molar-refractivity contribution in [2.24, 2.45) is 0 Å². The van der Waals surface area contributed by atoms with Crippen molar-refractivity contribution in [1.29, 1.82) is 0 Å². The predicted molar refractivity (Wildman–Crippen MR) is 92.3 cm³/mol. The van der Waals surface area contributed by atoms with Crippen LogP contribution in [0.25, 0.3) is 16.5 Å². The number of hydrogen-bond acceptors (Lipinski definition) is 7. The van der Waals surface area contributed by atoms with Crippen molar-refractivity contribution in [2.75, 3.05) is 20.0 Å². The molecule has 0 aliphatic rings. The zero-order chi connectivity index (χ0) is 17.4. The normalized spacial score (nSPS) is 10.8. The highest BCUT2D eigenvalue weighted by molar-refractivity contribution is 7.17. The van der Waals surface area contributed by atoms with Gasteiger partial charge in [0.15, 0.2) is 5.69 Å². The molecule has 7 nitrogen and oxygen atoms in total. The van der Waals surface area contributed by atoms with Gasteiger partial charge in [0.1, 0.15) is 5.75 Å². The van der Waals surface area contributed by atoms with Crippen molar-refractivity contribution in [1.82, 2.24) is 9.78 Å². The molecule has 0 atom stereocenters. The maximum atomic E-state index is 12.8. The first kappa shape index (κ1) is 16.0. The van der Waals surface area contributed by atoms with Crippen molar-refractivity contribution < 1.29 is 14.3 Å². The number of benzene rings is 1. The highest BCUT2D eigenvalue weighted by Gasteiger charge is 2.23. The average molecular weight is 345 g/mol. The third-order valence-corrected chi connectivity index (χ3v) is 4.58. The maximum Gasteiger partial charge on any atom is 0.359 e. The first-order valence-electron chi connectivity index (χ1n) is 7.02. The fourth-order valence-electron chi connectivity index (χ4n) is 2.50. The quantitative estimate of drug-likeness (QED) is 0.731. The van der Waals surface area contributed by atoms with Gasteiger partial charge in [-0.25, -0.2) is 4.79 Å². The van der Waals surface area contributed by atoms with Crippen LogP contribution in [0.4, 0.5) is 5.00 Å². The lowest BCUT2D eigenvalue weighted by Crippen LogP contribution is -2.25. The molecule has 0 saturated carbocycles. The number of ether oxygens (including phenoxy) is 2. The van der Waals surface area contributed by atoms with Crippen molar-refractivity contribution in [2.45, 2.75) is 6.92 Å². The third-order valence-electron chi connectivity index (χ3n) is 3.65. The molecular weight excluding hydrogens is 330 g/mol. The van der Waals surface area contributed by atoms with Gasteiger partial charge < -0.3 is 15.2 Å². The standard InChI is InChI=1S/C16H15N3O4S/c1-8-11-12(14(17)24-8)15(20)19(18-13(11)16(21)23-3)9-4-6-10(22-2)7-5-9/h4-7H,17H2,1-3H3. The number of hydrogen-bond donors (Lipinski definition) is 1. The van der Waals surface area contributed by atoms with E-state index in [0.717, 1.165) is 9.56 Å². The Morgan fingerprint density at radius 1 is 1.21 bits per heavy atom. The number of nitrogens with two attached hydrogens (primary N) is 1. The van der Waals surface area contributed by atoms with E-state index in [9.17, 15) is 9.59 Å². The number of aryl methyl sites for hydroxylation is 1. The van der Waals surface area contributed by atoms with Crippen LogP contribution in [0.2, 0.25) is 0 Å². The topological polar surface area (TPSA) is 96.4 Å². The molecule has 124 valence electrons. The smallest absolute Gasteiger partial charge is 0.359 e. The molecule has 24 heavy (non-hydrogen) atoms. The van der Waals surface area contributed by atoms with Crippen molar-refractivity contribution >= 4 is 33.1 Å². The Labute approximate surface area is 141 Å². The Morgan fingerprint density at radius 2 is 1.88 bits per heavy atom. The number of rotatable bonds is 3. The summed E-state index contributed by atoms with van der Waals surface area (Å²) in [5.41, 5.74) is 6.16. The number of aromatic nitrogens is 2. The SMILES string of the molecule is COC(=O)c1nn(-c2ccc(OC)cc2)c(=O)c2c(N)sc(C)c12.